The zero-order chi connectivity index (χ0) is 18.0. The molecule has 0 saturated heterocycles. The van der Waals surface area contributed by atoms with Crippen LogP contribution in [0.3, 0.4) is 0 Å². The van der Waals surface area contributed by atoms with Crippen molar-refractivity contribution in [2.75, 3.05) is 0 Å². The van der Waals surface area contributed by atoms with Crippen LogP contribution in [0.25, 0.3) is 11.0 Å². The second-order valence-electron chi connectivity index (χ2n) is 6.47. The van der Waals surface area contributed by atoms with Crippen LogP contribution in [0.4, 0.5) is 0 Å². The van der Waals surface area contributed by atoms with Crippen molar-refractivity contribution >= 4 is 16.9 Å². The minimum absolute atomic E-state index is 0.209. The van der Waals surface area contributed by atoms with Crippen LogP contribution in [0.5, 0.6) is 0 Å². The maximum atomic E-state index is 12.4. The zero-order valence-corrected chi connectivity index (χ0v) is 14.7. The van der Waals surface area contributed by atoms with Gasteiger partial charge in [0.05, 0.1) is 17.1 Å². The van der Waals surface area contributed by atoms with Crippen LogP contribution < -0.4 is 5.32 Å². The molecule has 0 bridgehead atoms. The lowest BCUT2D eigenvalue weighted by Gasteiger charge is -2.20. The SMILES string of the molecule is CC(NC(=O)C(O)c1ccccc1)c1nc2ccccc2n1C(C)C. The fourth-order valence-corrected chi connectivity index (χ4v) is 3.05. The second-order valence-corrected chi connectivity index (χ2v) is 6.47. The number of aliphatic hydroxyl groups is 1. The summed E-state index contributed by atoms with van der Waals surface area (Å²) in [6.45, 7) is 6.06. The predicted molar refractivity (Wildman–Crippen MR) is 98.1 cm³/mol. The number of nitrogens with zero attached hydrogens (tertiary/aromatic N) is 2. The van der Waals surface area contributed by atoms with E-state index in [1.807, 2.05) is 37.3 Å². The van der Waals surface area contributed by atoms with Crippen LogP contribution in [0.1, 0.15) is 50.3 Å². The number of amides is 1. The van der Waals surface area contributed by atoms with E-state index in [0.29, 0.717) is 5.56 Å². The Labute approximate surface area is 147 Å². The molecule has 2 atom stereocenters. The first-order valence-electron chi connectivity index (χ1n) is 8.49. The summed E-state index contributed by atoms with van der Waals surface area (Å²) in [6, 6.07) is 16.7. The Morgan fingerprint density at radius 2 is 1.68 bits per heavy atom. The Bertz CT molecular complexity index is 871. The number of benzene rings is 2. The first kappa shape index (κ1) is 17.2. The van der Waals surface area contributed by atoms with Gasteiger partial charge >= 0.3 is 0 Å². The van der Waals surface area contributed by atoms with Crippen molar-refractivity contribution in [3.63, 3.8) is 0 Å². The highest BCUT2D eigenvalue weighted by atomic mass is 16.3. The summed E-state index contributed by atoms with van der Waals surface area (Å²) in [5, 5.41) is 13.1. The van der Waals surface area contributed by atoms with Crippen molar-refractivity contribution in [2.24, 2.45) is 0 Å². The number of fused-ring (bicyclic) bond motifs is 1. The highest BCUT2D eigenvalue weighted by molar-refractivity contribution is 5.82. The minimum atomic E-state index is -1.19. The molecule has 130 valence electrons. The van der Waals surface area contributed by atoms with E-state index in [1.165, 1.54) is 0 Å². The monoisotopic (exact) mass is 337 g/mol. The molecule has 2 aromatic carbocycles. The first-order chi connectivity index (χ1) is 12.0. The summed E-state index contributed by atoms with van der Waals surface area (Å²) < 4.78 is 2.12. The molecule has 0 radical (unpaired) electrons. The van der Waals surface area contributed by atoms with Crippen molar-refractivity contribution in [1.29, 1.82) is 0 Å². The summed E-state index contributed by atoms with van der Waals surface area (Å²) in [4.78, 5) is 17.1. The van der Waals surface area contributed by atoms with Gasteiger partial charge in [-0.2, -0.15) is 0 Å². The molecule has 25 heavy (non-hydrogen) atoms. The Kier molecular flexibility index (Phi) is 4.86. The highest BCUT2D eigenvalue weighted by Gasteiger charge is 2.23. The van der Waals surface area contributed by atoms with Crippen molar-refractivity contribution in [2.45, 2.75) is 39.0 Å². The molecule has 0 aliphatic carbocycles. The average Bonchev–Trinajstić information content (AvgIpc) is 3.01. The number of rotatable bonds is 5. The molecular weight excluding hydrogens is 314 g/mol. The van der Waals surface area contributed by atoms with E-state index in [9.17, 15) is 9.90 Å². The largest absolute Gasteiger partial charge is 0.378 e. The number of aromatic nitrogens is 2. The maximum Gasteiger partial charge on any atom is 0.254 e. The third kappa shape index (κ3) is 3.42. The Hall–Kier alpha value is -2.66. The van der Waals surface area contributed by atoms with Gasteiger partial charge in [0.15, 0.2) is 6.10 Å². The molecule has 0 aliphatic heterocycles. The van der Waals surface area contributed by atoms with E-state index in [0.717, 1.165) is 16.9 Å². The molecule has 0 spiro atoms. The number of aliphatic hydroxyl groups excluding tert-OH is 1. The van der Waals surface area contributed by atoms with Crippen LogP contribution in [0, 0.1) is 0 Å². The Morgan fingerprint density at radius 1 is 1.04 bits per heavy atom. The average molecular weight is 337 g/mol. The van der Waals surface area contributed by atoms with Crippen molar-refractivity contribution in [3.05, 3.63) is 66.0 Å². The van der Waals surface area contributed by atoms with E-state index in [-0.39, 0.29) is 12.1 Å². The number of hydrogen-bond acceptors (Lipinski definition) is 3. The van der Waals surface area contributed by atoms with Gasteiger partial charge in [-0.1, -0.05) is 42.5 Å². The van der Waals surface area contributed by atoms with Gasteiger partial charge in [0.1, 0.15) is 5.82 Å². The lowest BCUT2D eigenvalue weighted by Crippen LogP contribution is -2.33. The number of nitrogens with one attached hydrogen (secondary N) is 1. The van der Waals surface area contributed by atoms with Crippen LogP contribution in [-0.4, -0.2) is 20.6 Å². The number of hydrogen-bond donors (Lipinski definition) is 2. The van der Waals surface area contributed by atoms with Crippen molar-refractivity contribution in [1.82, 2.24) is 14.9 Å². The van der Waals surface area contributed by atoms with Crippen molar-refractivity contribution < 1.29 is 9.90 Å². The molecule has 1 heterocycles. The van der Waals surface area contributed by atoms with Gasteiger partial charge in [0.25, 0.3) is 5.91 Å². The predicted octanol–water partition coefficient (Wildman–Crippen LogP) is 3.53. The topological polar surface area (TPSA) is 67.2 Å². The van der Waals surface area contributed by atoms with Gasteiger partial charge in [-0.3, -0.25) is 4.79 Å². The zero-order valence-electron chi connectivity index (χ0n) is 14.7. The number of carbonyl (C=O) groups is 1. The second kappa shape index (κ2) is 7.07. The fourth-order valence-electron chi connectivity index (χ4n) is 3.05. The molecule has 2 unspecified atom stereocenters. The van der Waals surface area contributed by atoms with Crippen LogP contribution in [0.2, 0.25) is 0 Å². The number of imidazole rings is 1. The third-order valence-corrected chi connectivity index (χ3v) is 4.25. The van der Waals surface area contributed by atoms with Crippen molar-refractivity contribution in [3.8, 4) is 0 Å². The Morgan fingerprint density at radius 3 is 2.36 bits per heavy atom. The van der Waals surface area contributed by atoms with Gasteiger partial charge in [0, 0.05) is 6.04 Å². The summed E-state index contributed by atoms with van der Waals surface area (Å²) in [7, 11) is 0. The summed E-state index contributed by atoms with van der Waals surface area (Å²) in [5.41, 5.74) is 2.51. The number of carbonyl (C=O) groups excluding carboxylic acids is 1. The van der Waals surface area contributed by atoms with Gasteiger partial charge in [0.2, 0.25) is 0 Å². The number of para-hydroxylation sites is 2. The Balaban J connectivity index is 1.86. The van der Waals surface area contributed by atoms with Gasteiger partial charge in [-0.15, -0.1) is 0 Å². The summed E-state index contributed by atoms with van der Waals surface area (Å²) in [5.74, 6) is 0.353. The lowest BCUT2D eigenvalue weighted by atomic mass is 10.1. The minimum Gasteiger partial charge on any atom is -0.378 e. The van der Waals surface area contributed by atoms with Crippen LogP contribution in [-0.2, 0) is 4.79 Å². The molecule has 3 rings (SSSR count). The molecule has 5 heteroatoms. The smallest absolute Gasteiger partial charge is 0.254 e. The summed E-state index contributed by atoms with van der Waals surface area (Å²) in [6.07, 6.45) is -1.19. The molecule has 0 saturated carbocycles. The van der Waals surface area contributed by atoms with Crippen LogP contribution >= 0.6 is 0 Å². The van der Waals surface area contributed by atoms with Gasteiger partial charge in [-0.05, 0) is 38.5 Å². The molecule has 3 aromatic rings. The van der Waals surface area contributed by atoms with Gasteiger partial charge < -0.3 is 15.0 Å². The normalized spacial score (nSPS) is 13.8. The fraction of sp³-hybridized carbons (Fsp3) is 0.300. The standard InChI is InChI=1S/C20H23N3O2/c1-13(2)23-17-12-8-7-11-16(17)22-19(23)14(3)21-20(25)18(24)15-9-5-4-6-10-15/h4-14,18,24H,1-3H3,(H,21,25). The highest BCUT2D eigenvalue weighted by Crippen LogP contribution is 2.25. The van der Waals surface area contributed by atoms with Gasteiger partial charge in [-0.25, -0.2) is 4.98 Å². The summed E-state index contributed by atoms with van der Waals surface area (Å²) >= 11 is 0. The van der Waals surface area contributed by atoms with E-state index in [2.05, 4.69) is 28.7 Å². The third-order valence-electron chi connectivity index (χ3n) is 4.25. The van der Waals surface area contributed by atoms with E-state index < -0.39 is 12.0 Å². The van der Waals surface area contributed by atoms with E-state index in [1.54, 1.807) is 24.3 Å². The lowest BCUT2D eigenvalue weighted by molar-refractivity contribution is -0.130. The molecule has 0 aliphatic rings. The van der Waals surface area contributed by atoms with E-state index in [4.69, 9.17) is 0 Å². The molecule has 5 nitrogen and oxygen atoms in total. The first-order valence-corrected chi connectivity index (χ1v) is 8.49. The van der Waals surface area contributed by atoms with E-state index >= 15 is 0 Å². The molecule has 0 fully saturated rings. The molecule has 2 N–H and O–H groups in total. The maximum absolute atomic E-state index is 12.4. The van der Waals surface area contributed by atoms with Crippen LogP contribution in [0.15, 0.2) is 54.6 Å². The molecule has 1 aromatic heterocycles. The molecule has 1 amide bonds. The quantitative estimate of drug-likeness (QED) is 0.748. The molecular formula is C20H23N3O2.